The maximum atomic E-state index is 2.59. The summed E-state index contributed by atoms with van der Waals surface area (Å²) in [5, 5.41) is 2.48. The molecule has 0 amide bonds. The van der Waals surface area contributed by atoms with Gasteiger partial charge in [0.1, 0.15) is 0 Å². The molecule has 12 aromatic carbocycles. The minimum Gasteiger partial charge on any atom is -0.310 e. The molecular weight excluding hydrogens is 917 g/mol. The van der Waals surface area contributed by atoms with E-state index >= 15 is 0 Å². The highest BCUT2D eigenvalue weighted by atomic mass is 15.1. The number of benzene rings is 12. The van der Waals surface area contributed by atoms with Crippen LogP contribution in [0.15, 0.2) is 279 Å². The fraction of sp³-hybridized carbons (Fsp3) is 0.0270. The Morgan fingerprint density at radius 3 is 1.30 bits per heavy atom. The quantitative estimate of drug-likeness (QED) is 0.167. The van der Waals surface area contributed by atoms with Gasteiger partial charge in [-0.15, -0.1) is 0 Å². The lowest BCUT2D eigenvalue weighted by atomic mass is 9.65. The number of hydrogen-bond donors (Lipinski definition) is 0. The van der Waals surface area contributed by atoms with Crippen molar-refractivity contribution in [1.29, 1.82) is 0 Å². The van der Waals surface area contributed by atoms with E-state index in [-0.39, 0.29) is 0 Å². The standard InChI is InChI=1S/C74H46N2/c1-2-19-47(20-3-1)48-37-39-49(40-38-48)50-41-43-51(44-42-50)75(70-36-18-33-66-71(70)58-26-8-14-31-64(58)73(66)60-27-10-4-21-53(60)54-22-5-11-28-61(54)73)52-45-59-57-25-9-16-34-68(57)76-69-35-17-15-32-65(69)74(67(46-52)72(59)76)62-29-12-6-23-55(62)56-24-7-13-30-63(56)74/h1-46H. The van der Waals surface area contributed by atoms with Gasteiger partial charge in [-0.2, -0.15) is 0 Å². The molecular formula is C74H46N2. The molecule has 352 valence electrons. The molecule has 13 aromatic rings. The van der Waals surface area contributed by atoms with Gasteiger partial charge in [-0.1, -0.05) is 237 Å². The van der Waals surface area contributed by atoms with E-state index in [0.717, 1.165) is 17.1 Å². The van der Waals surface area contributed by atoms with E-state index in [2.05, 4.69) is 289 Å². The normalized spacial score (nSPS) is 14.0. The van der Waals surface area contributed by atoms with E-state index in [1.165, 1.54) is 128 Å². The lowest BCUT2D eigenvalue weighted by Crippen LogP contribution is -2.33. The van der Waals surface area contributed by atoms with Gasteiger partial charge in [-0.3, -0.25) is 0 Å². The predicted molar refractivity (Wildman–Crippen MR) is 313 cm³/mol. The molecule has 0 bridgehead atoms. The monoisotopic (exact) mass is 962 g/mol. The molecule has 76 heavy (non-hydrogen) atoms. The molecule has 2 nitrogen and oxygen atoms in total. The summed E-state index contributed by atoms with van der Waals surface area (Å²) in [6, 6.07) is 105. The van der Waals surface area contributed by atoms with Crippen LogP contribution in [0, 0.1) is 0 Å². The summed E-state index contributed by atoms with van der Waals surface area (Å²) in [6.07, 6.45) is 0. The Morgan fingerprint density at radius 1 is 0.276 bits per heavy atom. The smallest absolute Gasteiger partial charge is 0.0755 e. The summed E-state index contributed by atoms with van der Waals surface area (Å²) < 4.78 is 2.56. The lowest BCUT2D eigenvalue weighted by molar-refractivity contribution is 0.748. The van der Waals surface area contributed by atoms with Gasteiger partial charge < -0.3 is 9.47 Å². The van der Waals surface area contributed by atoms with Crippen LogP contribution in [0.4, 0.5) is 17.1 Å². The van der Waals surface area contributed by atoms with E-state index in [0.29, 0.717) is 0 Å². The number of para-hydroxylation sites is 2. The van der Waals surface area contributed by atoms with Gasteiger partial charge in [0, 0.05) is 27.7 Å². The maximum Gasteiger partial charge on any atom is 0.0755 e. The van der Waals surface area contributed by atoms with Gasteiger partial charge in [0.15, 0.2) is 0 Å². The molecule has 1 aliphatic heterocycles. The lowest BCUT2D eigenvalue weighted by Gasteiger charge is -2.40. The summed E-state index contributed by atoms with van der Waals surface area (Å²) in [4.78, 5) is 2.59. The van der Waals surface area contributed by atoms with Gasteiger partial charge in [0.25, 0.3) is 0 Å². The molecule has 2 spiro atoms. The molecule has 1 aromatic heterocycles. The Balaban J connectivity index is 0.971. The van der Waals surface area contributed by atoms with Crippen LogP contribution in [0.1, 0.15) is 44.5 Å². The highest BCUT2D eigenvalue weighted by Crippen LogP contribution is 2.66. The predicted octanol–water partition coefficient (Wildman–Crippen LogP) is 18.6. The molecule has 2 heteroatoms. The first-order chi connectivity index (χ1) is 37.7. The van der Waals surface area contributed by atoms with Gasteiger partial charge >= 0.3 is 0 Å². The third-order valence-corrected chi connectivity index (χ3v) is 17.6. The van der Waals surface area contributed by atoms with Crippen molar-refractivity contribution >= 4 is 38.9 Å². The van der Waals surface area contributed by atoms with E-state index < -0.39 is 10.8 Å². The SMILES string of the molecule is c1ccc(-c2ccc(-c3ccc(N(c4cc5c6c(c4)c4ccccc4n6-c4ccccc4C54c5ccccc5-c5ccccc54)c4cccc5c4-c4ccccc4C54c5ccccc5-c5ccccc54)cc3)cc2)cc1. The zero-order valence-corrected chi connectivity index (χ0v) is 41.5. The summed E-state index contributed by atoms with van der Waals surface area (Å²) >= 11 is 0. The molecule has 3 aliphatic carbocycles. The fourth-order valence-corrected chi connectivity index (χ4v) is 14.7. The molecule has 0 radical (unpaired) electrons. The van der Waals surface area contributed by atoms with E-state index in [9.17, 15) is 0 Å². The largest absolute Gasteiger partial charge is 0.310 e. The molecule has 4 aliphatic rings. The average molecular weight is 963 g/mol. The van der Waals surface area contributed by atoms with Crippen molar-refractivity contribution in [1.82, 2.24) is 4.57 Å². The zero-order valence-electron chi connectivity index (χ0n) is 41.5. The van der Waals surface area contributed by atoms with Crippen LogP contribution >= 0.6 is 0 Å². The first-order valence-corrected chi connectivity index (χ1v) is 26.6. The van der Waals surface area contributed by atoms with Gasteiger partial charge in [0.2, 0.25) is 0 Å². The molecule has 17 rings (SSSR count). The Labute approximate surface area is 441 Å². The van der Waals surface area contributed by atoms with Gasteiger partial charge in [-0.25, -0.2) is 0 Å². The molecule has 0 fully saturated rings. The van der Waals surface area contributed by atoms with Crippen LogP contribution in [-0.2, 0) is 10.8 Å². The summed E-state index contributed by atoms with van der Waals surface area (Å²) in [5.74, 6) is 0. The molecule has 0 atom stereocenters. The fourth-order valence-electron chi connectivity index (χ4n) is 14.7. The highest BCUT2D eigenvalue weighted by molar-refractivity contribution is 6.15. The first kappa shape index (κ1) is 41.7. The highest BCUT2D eigenvalue weighted by Gasteiger charge is 2.54. The Morgan fingerprint density at radius 2 is 0.711 bits per heavy atom. The van der Waals surface area contributed by atoms with Crippen molar-refractivity contribution < 1.29 is 0 Å². The first-order valence-electron chi connectivity index (χ1n) is 26.6. The molecule has 0 unspecified atom stereocenters. The zero-order chi connectivity index (χ0) is 49.7. The van der Waals surface area contributed by atoms with Crippen LogP contribution in [-0.4, -0.2) is 4.57 Å². The van der Waals surface area contributed by atoms with Crippen LogP contribution in [0.25, 0.3) is 83.1 Å². The third-order valence-electron chi connectivity index (χ3n) is 17.6. The van der Waals surface area contributed by atoms with Crippen molar-refractivity contribution in [2.75, 3.05) is 4.90 Å². The van der Waals surface area contributed by atoms with Crippen molar-refractivity contribution in [2.45, 2.75) is 10.8 Å². The topological polar surface area (TPSA) is 8.17 Å². The van der Waals surface area contributed by atoms with Crippen molar-refractivity contribution in [3.8, 4) is 61.3 Å². The van der Waals surface area contributed by atoms with Crippen LogP contribution < -0.4 is 4.90 Å². The summed E-state index contributed by atoms with van der Waals surface area (Å²) in [5.41, 5.74) is 29.0. The second-order valence-electron chi connectivity index (χ2n) is 21.0. The maximum absolute atomic E-state index is 2.59. The van der Waals surface area contributed by atoms with Crippen molar-refractivity contribution in [2.24, 2.45) is 0 Å². The number of aromatic nitrogens is 1. The van der Waals surface area contributed by atoms with E-state index in [1.807, 2.05) is 0 Å². The van der Waals surface area contributed by atoms with Crippen LogP contribution in [0.5, 0.6) is 0 Å². The second kappa shape index (κ2) is 15.4. The van der Waals surface area contributed by atoms with E-state index in [4.69, 9.17) is 0 Å². The molecule has 0 saturated carbocycles. The Kier molecular flexibility index (Phi) is 8.44. The van der Waals surface area contributed by atoms with Gasteiger partial charge in [-0.05, 0) is 137 Å². The number of hydrogen-bond acceptors (Lipinski definition) is 1. The van der Waals surface area contributed by atoms with E-state index in [1.54, 1.807) is 0 Å². The van der Waals surface area contributed by atoms with Crippen LogP contribution in [0.2, 0.25) is 0 Å². The minimum atomic E-state index is -0.601. The Bertz CT molecular complexity index is 4480. The number of fused-ring (bicyclic) bond motifs is 22. The summed E-state index contributed by atoms with van der Waals surface area (Å²) in [7, 11) is 0. The average Bonchev–Trinajstić information content (AvgIpc) is 4.38. The van der Waals surface area contributed by atoms with Crippen molar-refractivity contribution in [3.63, 3.8) is 0 Å². The minimum absolute atomic E-state index is 0.495. The van der Waals surface area contributed by atoms with Crippen molar-refractivity contribution in [3.05, 3.63) is 324 Å². The number of anilines is 3. The molecule has 0 N–H and O–H groups in total. The summed E-state index contributed by atoms with van der Waals surface area (Å²) in [6.45, 7) is 0. The molecule has 0 saturated heterocycles. The molecule has 2 heterocycles. The second-order valence-corrected chi connectivity index (χ2v) is 21.0. The third kappa shape index (κ3) is 5.25. The number of nitrogens with zero attached hydrogens (tertiary/aromatic N) is 2. The number of rotatable bonds is 5. The van der Waals surface area contributed by atoms with Crippen LogP contribution in [0.3, 0.4) is 0 Å². The Hall–Kier alpha value is -9.76. The van der Waals surface area contributed by atoms with Gasteiger partial charge in [0.05, 0.1) is 33.2 Å².